The highest BCUT2D eigenvalue weighted by Crippen LogP contribution is 2.40. The lowest BCUT2D eigenvalue weighted by atomic mass is 10.0. The van der Waals surface area contributed by atoms with Gasteiger partial charge in [0.2, 0.25) is 5.91 Å². The summed E-state index contributed by atoms with van der Waals surface area (Å²) in [6.07, 6.45) is -0.227. The van der Waals surface area contributed by atoms with Gasteiger partial charge in [0.1, 0.15) is 34.3 Å². The number of benzene rings is 2. The summed E-state index contributed by atoms with van der Waals surface area (Å²) in [6.45, 7) is -0.438. The number of alkyl halides is 10. The van der Waals surface area contributed by atoms with Gasteiger partial charge in [0.25, 0.3) is 23.7 Å². The molecule has 0 aliphatic carbocycles. The predicted molar refractivity (Wildman–Crippen MR) is 292 cm³/mol. The number of aromatic nitrogens is 4. The number of hydrogen-bond donors (Lipinski definition) is 5. The van der Waals surface area contributed by atoms with Crippen LogP contribution < -0.4 is 22.5 Å². The van der Waals surface area contributed by atoms with E-state index in [1.165, 1.54) is 83.1 Å². The highest BCUT2D eigenvalue weighted by Gasteiger charge is 2.38. The van der Waals surface area contributed by atoms with Gasteiger partial charge in [-0.2, -0.15) is 26.3 Å². The Balaban J connectivity index is 0.000000191. The van der Waals surface area contributed by atoms with Crippen LogP contribution in [0, 0.1) is 0 Å². The summed E-state index contributed by atoms with van der Waals surface area (Å²) >= 11 is 0. The van der Waals surface area contributed by atoms with Crippen molar-refractivity contribution in [1.82, 2.24) is 35.1 Å². The van der Waals surface area contributed by atoms with E-state index >= 15 is 0 Å². The lowest BCUT2D eigenvalue weighted by Gasteiger charge is -2.31. The van der Waals surface area contributed by atoms with Crippen molar-refractivity contribution < 1.29 is 77.0 Å². The van der Waals surface area contributed by atoms with Gasteiger partial charge in [-0.25, -0.2) is 32.3 Å². The van der Waals surface area contributed by atoms with E-state index in [4.69, 9.17) is 31.1 Å². The molecule has 0 bridgehead atoms. The largest absolute Gasteiger partial charge is 0.478 e. The molecule has 2 fully saturated rings. The van der Waals surface area contributed by atoms with Crippen molar-refractivity contribution in [3.63, 3.8) is 0 Å². The molecule has 85 heavy (non-hydrogen) atoms. The molecule has 27 heteroatoms. The number of fused-ring (bicyclic) bond motifs is 2. The van der Waals surface area contributed by atoms with E-state index in [1.807, 2.05) is 0 Å². The number of carbonyl (C=O) groups excluding carboxylic acids is 3. The van der Waals surface area contributed by atoms with E-state index in [2.05, 4.69) is 25.3 Å². The van der Waals surface area contributed by atoms with Crippen molar-refractivity contribution in [2.75, 3.05) is 37.6 Å². The zero-order valence-corrected chi connectivity index (χ0v) is 44.4. The number of likely N-dealkylation sites (tertiary alicyclic amines) is 2. The number of piperidine rings is 2. The zero-order chi connectivity index (χ0) is 61.4. The Labute approximate surface area is 475 Å². The van der Waals surface area contributed by atoms with Crippen LogP contribution >= 0.6 is 0 Å². The number of furan rings is 2. The smallest absolute Gasteiger partial charge is 0.416 e. The van der Waals surface area contributed by atoms with Crippen molar-refractivity contribution in [3.05, 3.63) is 167 Å². The number of nitrogen functional groups attached to an aromatic ring is 2. The molecule has 2 aromatic carbocycles. The van der Waals surface area contributed by atoms with E-state index in [0.29, 0.717) is 39.3 Å². The van der Waals surface area contributed by atoms with Crippen LogP contribution in [-0.4, -0.2) is 96.6 Å². The third-order valence-corrected chi connectivity index (χ3v) is 13.3. The molecule has 2 saturated heterocycles. The van der Waals surface area contributed by atoms with Gasteiger partial charge in [0.05, 0.1) is 46.7 Å². The van der Waals surface area contributed by atoms with Gasteiger partial charge in [-0.1, -0.05) is 0 Å². The summed E-state index contributed by atoms with van der Waals surface area (Å²) in [4.78, 5) is 66.4. The number of nitrogens with two attached hydrogens (primary N) is 3. The summed E-state index contributed by atoms with van der Waals surface area (Å²) in [5.41, 5.74) is 16.8. The highest BCUT2D eigenvalue weighted by atomic mass is 19.4. The Bertz CT molecular complexity index is 3750. The summed E-state index contributed by atoms with van der Waals surface area (Å²) in [5.74, 6) is -6.69. The second-order valence-corrected chi connectivity index (χ2v) is 19.4. The first kappa shape index (κ1) is 61.4. The summed E-state index contributed by atoms with van der Waals surface area (Å²) < 4.78 is 146. The SMILES string of the molecule is NCc1cc2c(-c3ccc(C(=O)N4CCC(F)(F)CC4)cn3)cc(C(F)(F)F)cc2o1.Nc1ccc(/C=C/C(=O)NCc2cc3c(-c4ccc(C(=O)N5CCC(F)(F)CC5)cn4)cc(C(F)(F)F)cc3o2)cn1.Nc1ccc(/C=C/C(=O)O)cn1. The molecule has 0 unspecified atom stereocenters. The maximum Gasteiger partial charge on any atom is 0.416 e. The number of carboxylic acids is 1. The molecule has 17 nitrogen and oxygen atoms in total. The molecule has 6 aromatic heterocycles. The van der Waals surface area contributed by atoms with Gasteiger partial charge in [-0.3, -0.25) is 24.4 Å². The number of aliphatic carboxylic acids is 1. The minimum Gasteiger partial charge on any atom is -0.478 e. The molecule has 8 aromatic rings. The van der Waals surface area contributed by atoms with Gasteiger partial charge in [-0.15, -0.1) is 0 Å². The average molecular weight is 1190 g/mol. The molecule has 0 atom stereocenters. The van der Waals surface area contributed by atoms with Gasteiger partial charge in [-0.05, 0) is 108 Å². The molecule has 2 aliphatic heterocycles. The van der Waals surface area contributed by atoms with Gasteiger partial charge >= 0.3 is 18.3 Å². The maximum absolute atomic E-state index is 13.7. The van der Waals surface area contributed by atoms with Crippen LogP contribution in [-0.2, 0) is 35.0 Å². The van der Waals surface area contributed by atoms with E-state index in [-0.39, 0.29) is 89.8 Å². The third kappa shape index (κ3) is 16.1. The molecule has 444 valence electrons. The van der Waals surface area contributed by atoms with E-state index in [9.17, 15) is 63.1 Å². The van der Waals surface area contributed by atoms with Crippen LogP contribution in [0.15, 0.2) is 131 Å². The number of amides is 3. The van der Waals surface area contributed by atoms with Crippen LogP contribution in [0.3, 0.4) is 0 Å². The molecular formula is C58H50F10N10O7. The second kappa shape index (κ2) is 25.5. The Morgan fingerprint density at radius 2 is 1.00 bits per heavy atom. The number of nitrogens with zero attached hydrogens (tertiary/aromatic N) is 6. The lowest BCUT2D eigenvalue weighted by molar-refractivity contribution is -0.138. The highest BCUT2D eigenvalue weighted by molar-refractivity contribution is 5.98. The number of carbonyl (C=O) groups is 4. The molecule has 0 saturated carbocycles. The maximum atomic E-state index is 13.7. The Hall–Kier alpha value is -9.66. The molecule has 8 heterocycles. The fourth-order valence-corrected chi connectivity index (χ4v) is 8.72. The fraction of sp³-hybridized carbons (Fsp3) is 0.241. The van der Waals surface area contributed by atoms with Crippen LogP contribution in [0.4, 0.5) is 55.5 Å². The Morgan fingerprint density at radius 1 is 0.576 bits per heavy atom. The predicted octanol–water partition coefficient (Wildman–Crippen LogP) is 11.3. The number of rotatable bonds is 11. The standard InChI is InChI=1S/C29H24F5N5O3.C21H18F5N3O2.C8H8N2O2/c30-28(31)7-9-39(10-8-28)27(41)18-3-4-23(36-15-18)21-11-19(29(32,33)34)12-24-22(21)13-20(42-24)16-38-26(40)6-2-17-1-5-25(35)37-14-17;22-20(23)3-5-29(6-4-20)19(30)12-1-2-17(28-11-12)15-7-13(21(24,25)26)8-18-16(15)9-14(10-27)31-18;9-7-3-1-6(5-10-7)2-4-8(11)12/h1-6,11-15H,7-10,16H2,(H2,35,37)(H,38,40);1-2,7-9,11H,3-6,10,27H2;1-5H,(H2,9,10)(H,11,12)/b6-2+;;4-2+. The topological polar surface area (TPSA) is 263 Å². The molecule has 2 aliphatic rings. The number of anilines is 2. The molecule has 0 spiro atoms. The first-order valence-corrected chi connectivity index (χ1v) is 25.7. The van der Waals surface area contributed by atoms with Gasteiger partial charge < -0.3 is 46.3 Å². The van der Waals surface area contributed by atoms with Crippen LogP contribution in [0.5, 0.6) is 0 Å². The third-order valence-electron chi connectivity index (χ3n) is 13.3. The average Bonchev–Trinajstić information content (AvgIpc) is 3.14. The minimum absolute atomic E-state index is 0.0191. The van der Waals surface area contributed by atoms with Gasteiger partial charge in [0.15, 0.2) is 0 Å². The van der Waals surface area contributed by atoms with Crippen molar-refractivity contribution in [2.45, 2.75) is 63.0 Å². The van der Waals surface area contributed by atoms with Crippen molar-refractivity contribution in [3.8, 4) is 22.5 Å². The first-order chi connectivity index (χ1) is 40.1. The van der Waals surface area contributed by atoms with E-state index < -0.39 is 84.7 Å². The molecular weight excluding hydrogens is 1140 g/mol. The van der Waals surface area contributed by atoms with Crippen molar-refractivity contribution >= 4 is 69.4 Å². The van der Waals surface area contributed by atoms with Crippen LogP contribution in [0.2, 0.25) is 0 Å². The van der Waals surface area contributed by atoms with Crippen molar-refractivity contribution in [1.29, 1.82) is 0 Å². The summed E-state index contributed by atoms with van der Waals surface area (Å²) in [7, 11) is 0. The van der Waals surface area contributed by atoms with Crippen LogP contribution in [0.25, 0.3) is 56.6 Å². The molecule has 10 rings (SSSR count). The van der Waals surface area contributed by atoms with E-state index in [1.54, 1.807) is 30.3 Å². The number of hydrogen-bond acceptors (Lipinski definition) is 13. The Morgan fingerprint density at radius 3 is 1.38 bits per heavy atom. The fourth-order valence-electron chi connectivity index (χ4n) is 8.72. The first-order valence-electron chi connectivity index (χ1n) is 25.7. The molecule has 3 amide bonds. The van der Waals surface area contributed by atoms with E-state index in [0.717, 1.165) is 30.3 Å². The Kier molecular flexibility index (Phi) is 18.4. The quantitative estimate of drug-likeness (QED) is 0.0596. The summed E-state index contributed by atoms with van der Waals surface area (Å²) in [6, 6.07) is 18.9. The normalized spacial score (nSPS) is 15.1. The number of carboxylic acid groups (broad SMARTS) is 1. The number of pyridine rings is 4. The zero-order valence-electron chi connectivity index (χ0n) is 44.4. The monoisotopic (exact) mass is 1190 g/mol. The van der Waals surface area contributed by atoms with Crippen molar-refractivity contribution in [2.24, 2.45) is 5.73 Å². The second-order valence-electron chi connectivity index (χ2n) is 19.4. The summed E-state index contributed by atoms with van der Waals surface area (Å²) in [5, 5.41) is 11.6. The van der Waals surface area contributed by atoms with Gasteiger partial charge in [0, 0.05) is 111 Å². The molecule has 8 N–H and O–H groups in total. The molecule has 0 radical (unpaired) electrons. The number of nitrogens with one attached hydrogen (secondary N) is 1. The number of halogens is 10. The van der Waals surface area contributed by atoms with Crippen LogP contribution in [0.1, 0.15) is 80.2 Å². The minimum atomic E-state index is -4.68. The lowest BCUT2D eigenvalue weighted by Crippen LogP contribution is -2.42.